The number of hydrogen-bond acceptors (Lipinski definition) is 4. The average Bonchev–Trinajstić information content (AvgIpc) is 3.51. The lowest BCUT2D eigenvalue weighted by atomic mass is 10.1. The van der Waals surface area contributed by atoms with Gasteiger partial charge in [0.2, 0.25) is 0 Å². The third-order valence-corrected chi connectivity index (χ3v) is 6.24. The van der Waals surface area contributed by atoms with Crippen LogP contribution in [0.15, 0.2) is 73.3 Å². The molecule has 5 rings (SSSR count). The van der Waals surface area contributed by atoms with Crippen LogP contribution in [-0.4, -0.2) is 50.3 Å². The number of aromatic amines is 1. The smallest absolute Gasteiger partial charge is 0.351 e. The Labute approximate surface area is 195 Å². The molecule has 4 heterocycles. The zero-order chi connectivity index (χ0) is 23.7. The molecular weight excluding hydrogens is 441 g/mol. The molecular formula is C25H25F3N6. The summed E-state index contributed by atoms with van der Waals surface area (Å²) >= 11 is 0. The highest BCUT2D eigenvalue weighted by Gasteiger charge is 2.32. The number of halogens is 3. The van der Waals surface area contributed by atoms with Crippen LogP contribution in [0.4, 0.5) is 19.0 Å². The summed E-state index contributed by atoms with van der Waals surface area (Å²) in [6.45, 7) is 5.06. The highest BCUT2D eigenvalue weighted by molar-refractivity contribution is 5.64. The molecule has 176 valence electrons. The molecule has 0 saturated carbocycles. The Bertz CT molecular complexity index is 1210. The van der Waals surface area contributed by atoms with E-state index in [0.717, 1.165) is 54.4 Å². The minimum absolute atomic E-state index is 0.120. The van der Waals surface area contributed by atoms with Gasteiger partial charge in [-0.25, -0.2) is 4.98 Å². The van der Waals surface area contributed by atoms with Gasteiger partial charge in [-0.1, -0.05) is 12.1 Å². The monoisotopic (exact) mass is 466 g/mol. The van der Waals surface area contributed by atoms with Gasteiger partial charge < -0.3 is 9.47 Å². The van der Waals surface area contributed by atoms with Crippen molar-refractivity contribution in [1.29, 1.82) is 0 Å². The van der Waals surface area contributed by atoms with Crippen molar-refractivity contribution in [2.45, 2.75) is 25.7 Å². The summed E-state index contributed by atoms with van der Waals surface area (Å²) < 4.78 is 40.6. The van der Waals surface area contributed by atoms with Crippen molar-refractivity contribution in [3.05, 3.63) is 84.4 Å². The summed E-state index contributed by atoms with van der Waals surface area (Å²) in [7, 11) is 0. The van der Waals surface area contributed by atoms with E-state index in [2.05, 4.69) is 60.7 Å². The number of nitrogens with one attached hydrogen (secondary N) is 1. The molecule has 9 heteroatoms. The molecule has 0 spiro atoms. The lowest BCUT2D eigenvalue weighted by Crippen LogP contribution is -2.51. The Balaban J connectivity index is 1.24. The van der Waals surface area contributed by atoms with Gasteiger partial charge >= 0.3 is 6.18 Å². The minimum Gasteiger partial charge on any atom is -0.351 e. The number of benzene rings is 1. The van der Waals surface area contributed by atoms with Crippen molar-refractivity contribution >= 4 is 5.82 Å². The largest absolute Gasteiger partial charge is 0.417 e. The lowest BCUT2D eigenvalue weighted by Gasteiger charge is -2.40. The number of anilines is 1. The number of hydrogen-bond donors (Lipinski definition) is 1. The maximum atomic E-state index is 12.8. The van der Waals surface area contributed by atoms with Gasteiger partial charge in [-0.3, -0.25) is 10.00 Å². The summed E-state index contributed by atoms with van der Waals surface area (Å²) in [5, 5.41) is 7.48. The van der Waals surface area contributed by atoms with Crippen LogP contribution < -0.4 is 4.90 Å². The van der Waals surface area contributed by atoms with Crippen LogP contribution in [0.3, 0.4) is 0 Å². The molecule has 0 radical (unpaired) electrons. The molecule has 0 aliphatic carbocycles. The van der Waals surface area contributed by atoms with Crippen molar-refractivity contribution in [1.82, 2.24) is 24.6 Å². The van der Waals surface area contributed by atoms with E-state index in [9.17, 15) is 13.2 Å². The second kappa shape index (κ2) is 8.98. The quantitative estimate of drug-likeness (QED) is 0.450. The molecule has 6 nitrogen and oxygen atoms in total. The predicted molar refractivity (Wildman–Crippen MR) is 125 cm³/mol. The number of pyridine rings is 1. The topological polar surface area (TPSA) is 53.0 Å². The maximum absolute atomic E-state index is 12.8. The Morgan fingerprint density at radius 2 is 1.79 bits per heavy atom. The minimum atomic E-state index is -4.37. The molecule has 3 aromatic heterocycles. The van der Waals surface area contributed by atoms with Crippen LogP contribution in [0.2, 0.25) is 0 Å². The summed E-state index contributed by atoms with van der Waals surface area (Å²) in [6.07, 6.45) is 2.49. The highest BCUT2D eigenvalue weighted by Crippen LogP contribution is 2.30. The zero-order valence-electron chi connectivity index (χ0n) is 18.7. The van der Waals surface area contributed by atoms with Gasteiger partial charge in [-0.2, -0.15) is 18.3 Å². The number of nitrogens with zero attached hydrogens (tertiary/aromatic N) is 5. The standard InChI is InChI=1S/C25H25F3N6/c1-18-16-32(12-13-34(18)23-9-6-21(15-29-23)25(26,27)28)17-20-14-30-31-24(20)19-4-7-22(8-5-19)33-10-2-3-11-33/h2-11,14-15,18H,12-13,16-17H2,1H3,(H,30,31). The van der Waals surface area contributed by atoms with E-state index in [1.807, 2.05) is 30.7 Å². The first-order valence-corrected chi connectivity index (χ1v) is 11.2. The molecule has 0 bridgehead atoms. The second-order valence-corrected chi connectivity index (χ2v) is 8.58. The molecule has 1 fully saturated rings. The van der Waals surface area contributed by atoms with Gasteiger partial charge in [0.25, 0.3) is 0 Å². The van der Waals surface area contributed by atoms with Crippen molar-refractivity contribution in [3.63, 3.8) is 0 Å². The van der Waals surface area contributed by atoms with Gasteiger partial charge in [0.1, 0.15) is 5.82 Å². The number of H-pyrrole nitrogens is 1. The Kier molecular flexibility index (Phi) is 5.87. The normalized spacial score (nSPS) is 17.3. The predicted octanol–water partition coefficient (Wildman–Crippen LogP) is 4.99. The Hall–Kier alpha value is -3.59. The molecule has 1 unspecified atom stereocenters. The van der Waals surface area contributed by atoms with Crippen LogP contribution in [-0.2, 0) is 12.7 Å². The number of aromatic nitrogens is 4. The SMILES string of the molecule is CC1CN(Cc2c[nH]nc2-c2ccc(-n3cccc3)cc2)CCN1c1ccc(C(F)(F)F)cn1. The molecule has 4 aromatic rings. The van der Waals surface area contributed by atoms with Crippen LogP contribution in [0, 0.1) is 0 Å². The fraction of sp³-hybridized carbons (Fsp3) is 0.280. The third kappa shape index (κ3) is 4.56. The van der Waals surface area contributed by atoms with E-state index < -0.39 is 11.7 Å². The van der Waals surface area contributed by atoms with Crippen LogP contribution in [0.5, 0.6) is 0 Å². The number of rotatable bonds is 5. The Morgan fingerprint density at radius 1 is 1.03 bits per heavy atom. The Morgan fingerprint density at radius 3 is 2.44 bits per heavy atom. The average molecular weight is 467 g/mol. The second-order valence-electron chi connectivity index (χ2n) is 8.58. The summed E-state index contributed by atoms with van der Waals surface area (Å²) in [4.78, 5) is 8.47. The first-order valence-electron chi connectivity index (χ1n) is 11.2. The van der Waals surface area contributed by atoms with E-state index in [1.54, 1.807) is 0 Å². The molecule has 1 N–H and O–H groups in total. The van der Waals surface area contributed by atoms with Crippen LogP contribution >= 0.6 is 0 Å². The van der Waals surface area contributed by atoms with Gasteiger partial charge in [0.15, 0.2) is 0 Å². The summed E-state index contributed by atoms with van der Waals surface area (Å²) in [6, 6.07) is 15.0. The first kappa shape index (κ1) is 22.2. The van der Waals surface area contributed by atoms with Gasteiger partial charge in [0.05, 0.1) is 11.3 Å². The molecule has 1 aliphatic heterocycles. The molecule has 1 atom stereocenters. The van der Waals surface area contributed by atoms with Crippen LogP contribution in [0.25, 0.3) is 16.9 Å². The number of alkyl halides is 3. The fourth-order valence-electron chi connectivity index (χ4n) is 4.47. The van der Waals surface area contributed by atoms with Crippen molar-refractivity contribution in [3.8, 4) is 16.9 Å². The fourth-order valence-corrected chi connectivity index (χ4v) is 4.47. The van der Waals surface area contributed by atoms with E-state index in [0.29, 0.717) is 12.4 Å². The first-order chi connectivity index (χ1) is 16.4. The van der Waals surface area contributed by atoms with Gasteiger partial charge in [0, 0.05) is 73.8 Å². The molecule has 34 heavy (non-hydrogen) atoms. The highest BCUT2D eigenvalue weighted by atomic mass is 19.4. The molecule has 1 saturated heterocycles. The summed E-state index contributed by atoms with van der Waals surface area (Å²) in [5.74, 6) is 0.576. The molecule has 0 amide bonds. The third-order valence-electron chi connectivity index (χ3n) is 6.24. The summed E-state index contributed by atoms with van der Waals surface area (Å²) in [5.41, 5.74) is 3.46. The van der Waals surface area contributed by atoms with Crippen molar-refractivity contribution in [2.24, 2.45) is 0 Å². The van der Waals surface area contributed by atoms with Gasteiger partial charge in [-0.15, -0.1) is 0 Å². The zero-order valence-corrected chi connectivity index (χ0v) is 18.7. The van der Waals surface area contributed by atoms with Crippen molar-refractivity contribution in [2.75, 3.05) is 24.5 Å². The van der Waals surface area contributed by atoms with E-state index in [1.165, 1.54) is 6.07 Å². The van der Waals surface area contributed by atoms with Crippen LogP contribution in [0.1, 0.15) is 18.1 Å². The molecule has 1 aromatic carbocycles. The number of piperazine rings is 1. The lowest BCUT2D eigenvalue weighted by molar-refractivity contribution is -0.137. The van der Waals surface area contributed by atoms with E-state index in [4.69, 9.17) is 0 Å². The van der Waals surface area contributed by atoms with E-state index in [-0.39, 0.29) is 6.04 Å². The molecule has 1 aliphatic rings. The van der Waals surface area contributed by atoms with E-state index >= 15 is 0 Å². The maximum Gasteiger partial charge on any atom is 0.417 e. The van der Waals surface area contributed by atoms with Gasteiger partial charge in [-0.05, 0) is 43.3 Å². The van der Waals surface area contributed by atoms with Crippen molar-refractivity contribution < 1.29 is 13.2 Å².